The van der Waals surface area contributed by atoms with E-state index < -0.39 is 23.6 Å². The van der Waals surface area contributed by atoms with E-state index in [1.807, 2.05) is 4.90 Å². The van der Waals surface area contributed by atoms with E-state index in [-0.39, 0.29) is 22.9 Å². The molecule has 0 spiro atoms. The van der Waals surface area contributed by atoms with Crippen molar-refractivity contribution in [3.63, 3.8) is 0 Å². The fourth-order valence-corrected chi connectivity index (χ4v) is 4.40. The standard InChI is InChI=1S/C20H21BrClFN4O3/c1-20(2,3)30-19(29)26-5-6-27-13(9-26)18(28)25(4)12-8-24-11-7-10(21)15(22)16(23)14(11)17(12)27/h7-8,13H,5-6,9H2,1-4H3/t13-/m1/s1. The molecule has 0 aliphatic carbocycles. The first-order valence-electron chi connectivity index (χ1n) is 9.48. The molecule has 30 heavy (non-hydrogen) atoms. The van der Waals surface area contributed by atoms with E-state index in [0.29, 0.717) is 34.5 Å². The number of pyridine rings is 1. The third-order valence-corrected chi connectivity index (χ3v) is 6.47. The number of fused-ring (bicyclic) bond motifs is 5. The van der Waals surface area contributed by atoms with Crippen molar-refractivity contribution in [1.82, 2.24) is 9.88 Å². The highest BCUT2D eigenvalue weighted by Gasteiger charge is 2.43. The van der Waals surface area contributed by atoms with E-state index >= 15 is 4.39 Å². The molecular weight excluding hydrogens is 479 g/mol. The van der Waals surface area contributed by atoms with Gasteiger partial charge in [0, 0.05) is 24.6 Å². The predicted molar refractivity (Wildman–Crippen MR) is 117 cm³/mol. The fourth-order valence-electron chi connectivity index (χ4n) is 3.86. The van der Waals surface area contributed by atoms with Crippen LogP contribution in [0.1, 0.15) is 20.8 Å². The second-order valence-electron chi connectivity index (χ2n) is 8.41. The lowest BCUT2D eigenvalue weighted by atomic mass is 10.0. The van der Waals surface area contributed by atoms with Gasteiger partial charge in [0.15, 0.2) is 5.82 Å². The number of nitrogens with zero attached hydrogens (tertiary/aromatic N) is 4. The molecule has 2 aliphatic rings. The number of carbonyl (C=O) groups excluding carboxylic acids is 2. The van der Waals surface area contributed by atoms with Crippen LogP contribution in [0, 0.1) is 5.82 Å². The highest BCUT2D eigenvalue weighted by Crippen LogP contribution is 2.44. The summed E-state index contributed by atoms with van der Waals surface area (Å²) in [6.07, 6.45) is 1.09. The normalized spacial score (nSPS) is 19.1. The highest BCUT2D eigenvalue weighted by molar-refractivity contribution is 9.10. The average molecular weight is 500 g/mol. The van der Waals surface area contributed by atoms with Crippen LogP contribution in [0.5, 0.6) is 0 Å². The largest absolute Gasteiger partial charge is 0.444 e. The summed E-state index contributed by atoms with van der Waals surface area (Å²) in [4.78, 5) is 34.8. The van der Waals surface area contributed by atoms with E-state index in [2.05, 4.69) is 20.9 Å². The Morgan fingerprint density at radius 2 is 2.07 bits per heavy atom. The molecule has 1 atom stereocenters. The van der Waals surface area contributed by atoms with Crippen molar-refractivity contribution in [1.29, 1.82) is 0 Å². The number of hydrogen-bond acceptors (Lipinski definition) is 5. The molecule has 1 saturated heterocycles. The molecule has 0 unspecified atom stereocenters. The Morgan fingerprint density at radius 1 is 1.37 bits per heavy atom. The summed E-state index contributed by atoms with van der Waals surface area (Å²) in [5, 5.41) is 0.219. The average Bonchev–Trinajstić information content (AvgIpc) is 2.68. The third-order valence-electron chi connectivity index (χ3n) is 5.24. The Hall–Kier alpha value is -2.13. The van der Waals surface area contributed by atoms with E-state index in [1.165, 1.54) is 9.80 Å². The molecule has 1 fully saturated rings. The zero-order valence-electron chi connectivity index (χ0n) is 17.0. The summed E-state index contributed by atoms with van der Waals surface area (Å²) in [6.45, 7) is 6.22. The first-order chi connectivity index (χ1) is 14.0. The molecular formula is C20H21BrClFN4O3. The van der Waals surface area contributed by atoms with Crippen LogP contribution in [-0.2, 0) is 9.53 Å². The lowest BCUT2D eigenvalue weighted by Gasteiger charge is -2.47. The summed E-state index contributed by atoms with van der Waals surface area (Å²) >= 11 is 9.40. The second-order valence-corrected chi connectivity index (χ2v) is 9.64. The summed E-state index contributed by atoms with van der Waals surface area (Å²) < 4.78 is 21.1. The first kappa shape index (κ1) is 21.1. The Labute approximate surface area is 186 Å². The van der Waals surface area contributed by atoms with Crippen LogP contribution in [0.3, 0.4) is 0 Å². The number of benzene rings is 1. The molecule has 3 heterocycles. The number of carbonyl (C=O) groups is 2. The molecule has 4 rings (SSSR count). The molecule has 2 aromatic rings. The number of aromatic nitrogens is 1. The first-order valence-corrected chi connectivity index (χ1v) is 10.6. The van der Waals surface area contributed by atoms with E-state index in [0.717, 1.165) is 0 Å². The highest BCUT2D eigenvalue weighted by atomic mass is 79.9. The molecule has 7 nitrogen and oxygen atoms in total. The number of halogens is 3. The topological polar surface area (TPSA) is 66.0 Å². The maximum Gasteiger partial charge on any atom is 0.410 e. The smallest absolute Gasteiger partial charge is 0.410 e. The van der Waals surface area contributed by atoms with Crippen molar-refractivity contribution < 1.29 is 18.7 Å². The lowest BCUT2D eigenvalue weighted by molar-refractivity contribution is -0.120. The van der Waals surface area contributed by atoms with Gasteiger partial charge in [-0.1, -0.05) is 11.6 Å². The molecule has 1 aromatic carbocycles. The van der Waals surface area contributed by atoms with Gasteiger partial charge in [0.05, 0.1) is 40.0 Å². The number of ether oxygens (including phenoxy) is 1. The number of hydrogen-bond donors (Lipinski definition) is 0. The predicted octanol–water partition coefficient (Wildman–Crippen LogP) is 4.19. The van der Waals surface area contributed by atoms with Crippen molar-refractivity contribution in [3.05, 3.63) is 27.6 Å². The van der Waals surface area contributed by atoms with Gasteiger partial charge < -0.3 is 19.4 Å². The second kappa shape index (κ2) is 7.23. The Bertz CT molecular complexity index is 1070. The van der Waals surface area contributed by atoms with Crippen molar-refractivity contribution >= 4 is 61.8 Å². The molecule has 10 heteroatoms. The van der Waals surface area contributed by atoms with Crippen molar-refractivity contribution in [3.8, 4) is 0 Å². The number of piperazine rings is 1. The maximum absolute atomic E-state index is 15.2. The third kappa shape index (κ3) is 3.37. The SMILES string of the molecule is CN1C(=O)[C@H]2CN(C(=O)OC(C)(C)C)CCN2c2c1cnc1cc(Br)c(Cl)c(F)c21. The molecule has 0 N–H and O–H groups in total. The van der Waals surface area contributed by atoms with Crippen molar-refractivity contribution in [2.24, 2.45) is 0 Å². The maximum atomic E-state index is 15.2. The minimum absolute atomic E-state index is 0.0406. The van der Waals surface area contributed by atoms with E-state index in [1.54, 1.807) is 40.1 Å². The Kier molecular flexibility index (Phi) is 5.09. The molecule has 160 valence electrons. The van der Waals surface area contributed by atoms with Crippen LogP contribution in [0.25, 0.3) is 10.9 Å². The zero-order chi connectivity index (χ0) is 22.0. The number of likely N-dealkylation sites (N-methyl/N-ethyl adjacent to an activating group) is 1. The lowest BCUT2D eigenvalue weighted by Crippen LogP contribution is -2.63. The fraction of sp³-hybridized carbons (Fsp3) is 0.450. The monoisotopic (exact) mass is 498 g/mol. The van der Waals surface area contributed by atoms with Gasteiger partial charge >= 0.3 is 6.09 Å². The molecule has 0 bridgehead atoms. The van der Waals surface area contributed by atoms with Crippen LogP contribution in [-0.4, -0.2) is 60.2 Å². The van der Waals surface area contributed by atoms with Crippen LogP contribution in [0.2, 0.25) is 5.02 Å². The molecule has 1 aromatic heterocycles. The van der Waals surface area contributed by atoms with Crippen LogP contribution in [0.4, 0.5) is 20.6 Å². The van der Waals surface area contributed by atoms with Crippen molar-refractivity contribution in [2.45, 2.75) is 32.4 Å². The van der Waals surface area contributed by atoms with Gasteiger partial charge in [-0.2, -0.15) is 0 Å². The summed E-state index contributed by atoms with van der Waals surface area (Å²) in [6, 6.07) is 1.000. The van der Waals surface area contributed by atoms with Crippen molar-refractivity contribution in [2.75, 3.05) is 36.5 Å². The van der Waals surface area contributed by atoms with Gasteiger partial charge in [-0.15, -0.1) is 0 Å². The molecule has 2 aliphatic heterocycles. The van der Waals surface area contributed by atoms with Gasteiger partial charge in [-0.3, -0.25) is 9.78 Å². The van der Waals surface area contributed by atoms with E-state index in [9.17, 15) is 9.59 Å². The number of rotatable bonds is 0. The van der Waals surface area contributed by atoms with Crippen LogP contribution >= 0.6 is 27.5 Å². The van der Waals surface area contributed by atoms with Crippen LogP contribution < -0.4 is 9.80 Å². The summed E-state index contributed by atoms with van der Waals surface area (Å²) in [5.74, 6) is -0.790. The number of amides is 2. The quantitative estimate of drug-likeness (QED) is 0.509. The zero-order valence-corrected chi connectivity index (χ0v) is 19.3. The van der Waals surface area contributed by atoms with E-state index in [4.69, 9.17) is 16.3 Å². The van der Waals surface area contributed by atoms with Gasteiger partial charge in [0.1, 0.15) is 11.6 Å². The Balaban J connectivity index is 1.79. The minimum Gasteiger partial charge on any atom is -0.444 e. The molecule has 0 radical (unpaired) electrons. The van der Waals surface area contributed by atoms with Gasteiger partial charge in [0.25, 0.3) is 5.91 Å². The summed E-state index contributed by atoms with van der Waals surface area (Å²) in [7, 11) is 1.62. The Morgan fingerprint density at radius 3 is 2.73 bits per heavy atom. The number of anilines is 2. The van der Waals surface area contributed by atoms with Gasteiger partial charge in [-0.25, -0.2) is 9.18 Å². The minimum atomic E-state index is -0.656. The van der Waals surface area contributed by atoms with Gasteiger partial charge in [0.2, 0.25) is 0 Å². The molecule has 0 saturated carbocycles. The summed E-state index contributed by atoms with van der Waals surface area (Å²) in [5.41, 5.74) is 0.858. The molecule has 2 amide bonds. The van der Waals surface area contributed by atoms with Crippen LogP contribution in [0.15, 0.2) is 16.7 Å². The van der Waals surface area contributed by atoms with Gasteiger partial charge in [-0.05, 0) is 42.8 Å².